The Bertz CT molecular complexity index is 2370. The summed E-state index contributed by atoms with van der Waals surface area (Å²) in [5, 5.41) is 6.11. The molecule has 320 valence electrons. The Morgan fingerprint density at radius 1 is 0.836 bits per heavy atom. The third kappa shape index (κ3) is 8.07. The van der Waals surface area contributed by atoms with E-state index in [0.29, 0.717) is 47.3 Å². The van der Waals surface area contributed by atoms with Crippen LogP contribution in [0.3, 0.4) is 0 Å². The van der Waals surface area contributed by atoms with Crippen LogP contribution in [0.1, 0.15) is 110 Å². The number of carbonyl (C=O) groups is 5. The van der Waals surface area contributed by atoms with Crippen molar-refractivity contribution < 1.29 is 28.7 Å². The molecule has 0 saturated carbocycles. The fourth-order valence-electron chi connectivity index (χ4n) is 10.2. The molecule has 0 bridgehead atoms. The van der Waals surface area contributed by atoms with Crippen molar-refractivity contribution >= 4 is 57.9 Å². The molecular formula is C46H55N9O6. The van der Waals surface area contributed by atoms with Crippen molar-refractivity contribution in [1.29, 1.82) is 0 Å². The lowest BCUT2D eigenvalue weighted by Gasteiger charge is -2.41. The SMILES string of the molecule is CN1CCC[C@@H]1c1cc2cnc(NC(=O)c3ccc(N4CCC(C5CCN(c6cccc7c6CN(C6CCC(=O)NC6=O)C7=O)CC5)CC4)nc3)cc2n1C(=O)OC(C)(C)C. The lowest BCUT2D eigenvalue weighted by molar-refractivity contribution is -0.136. The van der Waals surface area contributed by atoms with Crippen molar-refractivity contribution in [2.75, 3.05) is 54.9 Å². The number of fused-ring (bicyclic) bond motifs is 2. The van der Waals surface area contributed by atoms with Gasteiger partial charge in [-0.2, -0.15) is 0 Å². The number of benzene rings is 1. The molecule has 4 fully saturated rings. The summed E-state index contributed by atoms with van der Waals surface area (Å²) in [7, 11) is 2.07. The molecule has 8 heterocycles. The van der Waals surface area contributed by atoms with Gasteiger partial charge >= 0.3 is 6.09 Å². The Kier molecular flexibility index (Phi) is 10.8. The molecule has 15 nitrogen and oxygen atoms in total. The second kappa shape index (κ2) is 16.2. The van der Waals surface area contributed by atoms with Crippen LogP contribution in [0, 0.1) is 11.8 Å². The van der Waals surface area contributed by atoms with E-state index in [1.807, 2.05) is 45.0 Å². The molecule has 0 spiro atoms. The number of hydrogen-bond acceptors (Lipinski definition) is 11. The highest BCUT2D eigenvalue weighted by atomic mass is 16.6. The van der Waals surface area contributed by atoms with Gasteiger partial charge in [-0.25, -0.2) is 19.3 Å². The standard InChI is InChI=1S/C46H55N9O6/c1-46(2,3)61-45(60)55-37-24-39(47-26-31(37)23-38(55)35-9-6-18-51(35)4)49-42(57)30-10-12-40(48-25-30)53-21-16-29(17-22-53)28-14-19-52(20-15-28)34-8-5-7-32-33(34)27-54(44(32)59)36-11-13-41(56)50-43(36)58/h5,7-8,10,12,23-26,28-29,35-36H,6,9,11,13-22,27H2,1-4H3,(H,47,49,57)(H,50,56,58)/t35-,36?/m1/s1. The number of likely N-dealkylation sites (tertiary alicyclic amines) is 1. The van der Waals surface area contributed by atoms with Gasteiger partial charge in [-0.15, -0.1) is 0 Å². The van der Waals surface area contributed by atoms with E-state index >= 15 is 0 Å². The van der Waals surface area contributed by atoms with Gasteiger partial charge in [-0.3, -0.25) is 29.4 Å². The Balaban J connectivity index is 0.792. The molecule has 4 amide bonds. The molecule has 0 aliphatic carbocycles. The average molecular weight is 830 g/mol. The van der Waals surface area contributed by atoms with Crippen molar-refractivity contribution in [2.24, 2.45) is 11.8 Å². The number of carbonyl (C=O) groups excluding carboxylic acids is 5. The first kappa shape index (κ1) is 40.6. The summed E-state index contributed by atoms with van der Waals surface area (Å²) >= 11 is 0. The minimum Gasteiger partial charge on any atom is -0.443 e. The number of amides is 4. The van der Waals surface area contributed by atoms with Gasteiger partial charge in [0.05, 0.1) is 17.1 Å². The molecule has 9 rings (SSSR count). The first-order valence-corrected chi connectivity index (χ1v) is 21.8. The van der Waals surface area contributed by atoms with Gasteiger partial charge in [-0.1, -0.05) is 6.07 Å². The number of nitrogens with zero attached hydrogens (tertiary/aromatic N) is 7. The van der Waals surface area contributed by atoms with E-state index in [4.69, 9.17) is 9.72 Å². The lowest BCUT2D eigenvalue weighted by Crippen LogP contribution is -2.52. The number of nitrogens with one attached hydrogen (secondary N) is 2. The van der Waals surface area contributed by atoms with Gasteiger partial charge in [0, 0.05) is 85.5 Å². The molecule has 1 unspecified atom stereocenters. The van der Waals surface area contributed by atoms with Gasteiger partial charge < -0.3 is 24.8 Å². The normalized spacial score (nSPS) is 21.9. The third-order valence-corrected chi connectivity index (χ3v) is 13.4. The van der Waals surface area contributed by atoms with Crippen LogP contribution < -0.4 is 20.4 Å². The summed E-state index contributed by atoms with van der Waals surface area (Å²) in [5.41, 5.74) is 3.94. The maximum atomic E-state index is 13.6. The molecule has 4 aromatic rings. The summed E-state index contributed by atoms with van der Waals surface area (Å²) in [6, 6.07) is 12.8. The summed E-state index contributed by atoms with van der Waals surface area (Å²) in [6.07, 6.45) is 9.73. The fraction of sp³-hybridized carbons (Fsp3) is 0.500. The van der Waals surface area contributed by atoms with Crippen molar-refractivity contribution in [3.63, 3.8) is 0 Å². The third-order valence-electron chi connectivity index (χ3n) is 13.4. The predicted molar refractivity (Wildman–Crippen MR) is 231 cm³/mol. The quantitative estimate of drug-likeness (QED) is 0.206. The molecule has 3 aromatic heterocycles. The number of anilines is 3. The van der Waals surface area contributed by atoms with Crippen LogP contribution >= 0.6 is 0 Å². The molecular weight excluding hydrogens is 775 g/mol. The van der Waals surface area contributed by atoms with E-state index < -0.39 is 17.7 Å². The maximum Gasteiger partial charge on any atom is 0.419 e. The summed E-state index contributed by atoms with van der Waals surface area (Å²) in [4.78, 5) is 82.5. The molecule has 61 heavy (non-hydrogen) atoms. The Labute approximate surface area is 355 Å². The Morgan fingerprint density at radius 3 is 2.23 bits per heavy atom. The average Bonchev–Trinajstić information content (AvgIpc) is 3.94. The zero-order valence-electron chi connectivity index (χ0n) is 35.5. The van der Waals surface area contributed by atoms with Crippen LogP contribution in [0.15, 0.2) is 54.9 Å². The Morgan fingerprint density at radius 2 is 1.57 bits per heavy atom. The number of imide groups is 1. The van der Waals surface area contributed by atoms with E-state index in [0.717, 1.165) is 99.4 Å². The fourth-order valence-corrected chi connectivity index (χ4v) is 10.2. The van der Waals surface area contributed by atoms with Gasteiger partial charge in [0.2, 0.25) is 11.8 Å². The first-order valence-electron chi connectivity index (χ1n) is 21.8. The summed E-state index contributed by atoms with van der Waals surface area (Å²) in [6.45, 7) is 10.5. The number of ether oxygens (including phenoxy) is 1. The van der Waals surface area contributed by atoms with E-state index in [1.165, 1.54) is 0 Å². The van der Waals surface area contributed by atoms with Crippen molar-refractivity contribution in [3.05, 3.63) is 77.2 Å². The number of hydrogen-bond donors (Lipinski definition) is 2. The number of pyridine rings is 2. The second-order valence-electron chi connectivity index (χ2n) is 18.4. The van der Waals surface area contributed by atoms with Crippen LogP contribution in [0.25, 0.3) is 10.9 Å². The highest BCUT2D eigenvalue weighted by Crippen LogP contribution is 2.39. The smallest absolute Gasteiger partial charge is 0.419 e. The molecule has 1 aromatic carbocycles. The minimum absolute atomic E-state index is 0.0759. The molecule has 0 radical (unpaired) electrons. The van der Waals surface area contributed by atoms with Gasteiger partial charge in [0.25, 0.3) is 11.8 Å². The molecule has 5 aliphatic heterocycles. The molecule has 5 aliphatic rings. The number of aromatic nitrogens is 3. The van der Waals surface area contributed by atoms with Crippen LogP contribution in [0.2, 0.25) is 0 Å². The zero-order chi connectivity index (χ0) is 42.6. The van der Waals surface area contributed by atoms with Crippen LogP contribution in [0.4, 0.5) is 22.1 Å². The highest BCUT2D eigenvalue weighted by Gasteiger charge is 2.41. The van der Waals surface area contributed by atoms with Crippen molar-refractivity contribution in [3.8, 4) is 0 Å². The number of rotatable bonds is 7. The monoisotopic (exact) mass is 829 g/mol. The molecule has 2 atom stereocenters. The van der Waals surface area contributed by atoms with Crippen molar-refractivity contribution in [1.82, 2.24) is 29.7 Å². The minimum atomic E-state index is -0.673. The zero-order valence-corrected chi connectivity index (χ0v) is 35.5. The van der Waals surface area contributed by atoms with Crippen molar-refractivity contribution in [2.45, 2.75) is 96.4 Å². The van der Waals surface area contributed by atoms with Gasteiger partial charge in [0.15, 0.2) is 0 Å². The first-order chi connectivity index (χ1) is 29.3. The van der Waals surface area contributed by atoms with Crippen LogP contribution in [-0.2, 0) is 20.9 Å². The van der Waals surface area contributed by atoms with E-state index in [-0.39, 0.29) is 36.1 Å². The van der Waals surface area contributed by atoms with Crippen LogP contribution in [-0.4, -0.2) is 105 Å². The molecule has 4 saturated heterocycles. The largest absolute Gasteiger partial charge is 0.443 e. The van der Waals surface area contributed by atoms with Crippen LogP contribution in [0.5, 0.6) is 0 Å². The molecule has 2 N–H and O–H groups in total. The Hall–Kier alpha value is -5.83. The van der Waals surface area contributed by atoms with E-state index in [9.17, 15) is 24.0 Å². The maximum absolute atomic E-state index is 13.6. The highest BCUT2D eigenvalue weighted by molar-refractivity contribution is 6.06. The summed E-state index contributed by atoms with van der Waals surface area (Å²) < 4.78 is 7.46. The second-order valence-corrected chi connectivity index (χ2v) is 18.4. The predicted octanol–water partition coefficient (Wildman–Crippen LogP) is 6.13. The van der Waals surface area contributed by atoms with Gasteiger partial charge in [0.1, 0.15) is 23.3 Å². The summed E-state index contributed by atoms with van der Waals surface area (Å²) in [5.74, 6) is 1.28. The topological polar surface area (TPSA) is 162 Å². The lowest BCUT2D eigenvalue weighted by atomic mass is 9.78. The molecule has 15 heteroatoms. The van der Waals surface area contributed by atoms with E-state index in [2.05, 4.69) is 43.4 Å². The number of piperidine rings is 3. The van der Waals surface area contributed by atoms with Gasteiger partial charge in [-0.05, 0) is 121 Å². The van der Waals surface area contributed by atoms with E-state index in [1.54, 1.807) is 34.0 Å².